The fraction of sp³-hybridized carbons (Fsp3) is 0.600. The molecule has 0 saturated carbocycles. The number of rotatable bonds is 14. The third-order valence-corrected chi connectivity index (χ3v) is 4.76. The molecule has 190 valence electrons. The van der Waals surface area contributed by atoms with E-state index in [1.807, 2.05) is 13.8 Å². The maximum Gasteiger partial charge on any atom is 0.328 e. The quantitative estimate of drug-likeness (QED) is 0.135. The molecule has 1 aromatic heterocycles. The van der Waals surface area contributed by atoms with Gasteiger partial charge in [-0.05, 0) is 19.3 Å². The molecule has 0 aromatic carbocycles. The molecule has 0 aliphatic rings. The van der Waals surface area contributed by atoms with Crippen molar-refractivity contribution in [2.45, 2.75) is 70.3 Å². The van der Waals surface area contributed by atoms with Crippen LogP contribution in [-0.4, -0.2) is 80.1 Å². The van der Waals surface area contributed by atoms with Gasteiger partial charge in [-0.2, -0.15) is 0 Å². The van der Waals surface area contributed by atoms with Crippen molar-refractivity contribution in [2.75, 3.05) is 0 Å². The zero-order valence-electron chi connectivity index (χ0n) is 19.3. The molecule has 0 saturated heterocycles. The van der Waals surface area contributed by atoms with Crippen molar-refractivity contribution in [3.8, 4) is 0 Å². The molecule has 0 fully saturated rings. The van der Waals surface area contributed by atoms with Crippen LogP contribution in [0.3, 0.4) is 0 Å². The van der Waals surface area contributed by atoms with Gasteiger partial charge in [0.2, 0.25) is 23.6 Å². The first-order chi connectivity index (χ1) is 15.8. The van der Waals surface area contributed by atoms with E-state index in [0.29, 0.717) is 12.1 Å². The first-order valence-corrected chi connectivity index (χ1v) is 10.6. The summed E-state index contributed by atoms with van der Waals surface area (Å²) < 4.78 is 0. The average Bonchev–Trinajstić information content (AvgIpc) is 3.22. The normalized spacial score (nSPS) is 15.5. The number of hydrogen-bond donors (Lipinski definition) is 8. The fourth-order valence-electron chi connectivity index (χ4n) is 3.04. The number of aromatic amines is 1. The summed E-state index contributed by atoms with van der Waals surface area (Å²) in [6.07, 6.45) is 1.04. The van der Waals surface area contributed by atoms with Crippen molar-refractivity contribution >= 4 is 29.6 Å². The monoisotopic (exact) mass is 483 g/mol. The Bertz CT molecular complexity index is 857. The van der Waals surface area contributed by atoms with Gasteiger partial charge in [0.15, 0.2) is 6.04 Å². The summed E-state index contributed by atoms with van der Waals surface area (Å²) in [5, 5.41) is 25.6. The molecule has 0 bridgehead atoms. The van der Waals surface area contributed by atoms with E-state index in [-0.39, 0.29) is 12.3 Å². The Morgan fingerprint density at radius 2 is 1.62 bits per heavy atom. The van der Waals surface area contributed by atoms with Crippen molar-refractivity contribution in [1.82, 2.24) is 25.9 Å². The number of nitrogens with one attached hydrogen (secondary N) is 4. The van der Waals surface area contributed by atoms with Crippen LogP contribution in [0.1, 0.15) is 39.3 Å². The number of carboxylic acids is 1. The summed E-state index contributed by atoms with van der Waals surface area (Å²) in [4.78, 5) is 67.5. The number of hydrogen-bond acceptors (Lipinski definition) is 8. The van der Waals surface area contributed by atoms with E-state index in [1.54, 1.807) is 0 Å². The number of nitrogens with two attached hydrogens (primary N) is 2. The molecule has 0 aliphatic carbocycles. The molecule has 1 aromatic rings. The molecule has 4 amide bonds. The lowest BCUT2D eigenvalue weighted by Gasteiger charge is -2.25. The number of carboxylic acid groups (broad SMARTS) is 1. The number of aromatic nitrogens is 2. The Hall–Kier alpha value is -3.52. The minimum atomic E-state index is -1.69. The number of carbonyl (C=O) groups is 5. The molecule has 1 heterocycles. The largest absolute Gasteiger partial charge is 0.480 e. The number of aliphatic hydroxyl groups is 1. The van der Waals surface area contributed by atoms with E-state index in [4.69, 9.17) is 16.6 Å². The van der Waals surface area contributed by atoms with Gasteiger partial charge in [-0.3, -0.25) is 19.2 Å². The summed E-state index contributed by atoms with van der Waals surface area (Å²) >= 11 is 0. The van der Waals surface area contributed by atoms with E-state index >= 15 is 0 Å². The van der Waals surface area contributed by atoms with E-state index in [2.05, 4.69) is 25.9 Å². The minimum Gasteiger partial charge on any atom is -0.480 e. The Kier molecular flexibility index (Phi) is 11.1. The van der Waals surface area contributed by atoms with Gasteiger partial charge in [-0.25, -0.2) is 9.78 Å². The number of primary amides is 1. The van der Waals surface area contributed by atoms with Crippen LogP contribution >= 0.6 is 0 Å². The van der Waals surface area contributed by atoms with E-state index in [9.17, 15) is 29.1 Å². The molecule has 5 atom stereocenters. The van der Waals surface area contributed by atoms with Gasteiger partial charge in [0.25, 0.3) is 0 Å². The first kappa shape index (κ1) is 28.5. The van der Waals surface area contributed by atoms with Crippen molar-refractivity contribution in [1.29, 1.82) is 0 Å². The fourth-order valence-corrected chi connectivity index (χ4v) is 3.04. The van der Waals surface area contributed by atoms with Crippen molar-refractivity contribution in [3.05, 3.63) is 18.2 Å². The second-order valence-corrected chi connectivity index (χ2v) is 8.37. The zero-order chi connectivity index (χ0) is 26.0. The number of carbonyl (C=O) groups excluding carboxylic acids is 4. The van der Waals surface area contributed by atoms with Gasteiger partial charge in [0.1, 0.15) is 12.1 Å². The minimum absolute atomic E-state index is 0.0394. The maximum atomic E-state index is 13.0. The highest BCUT2D eigenvalue weighted by Gasteiger charge is 2.33. The molecule has 14 heteroatoms. The van der Waals surface area contributed by atoms with Gasteiger partial charge >= 0.3 is 5.97 Å². The van der Waals surface area contributed by atoms with Crippen LogP contribution in [0.4, 0.5) is 0 Å². The van der Waals surface area contributed by atoms with Crippen LogP contribution in [0.15, 0.2) is 12.5 Å². The molecular weight excluding hydrogens is 450 g/mol. The van der Waals surface area contributed by atoms with Crippen molar-refractivity contribution < 1.29 is 34.2 Å². The Balaban J connectivity index is 3.06. The third kappa shape index (κ3) is 9.54. The Morgan fingerprint density at radius 1 is 1.03 bits per heavy atom. The van der Waals surface area contributed by atoms with Crippen LogP contribution < -0.4 is 27.4 Å². The van der Waals surface area contributed by atoms with Crippen LogP contribution in [0.25, 0.3) is 0 Å². The summed E-state index contributed by atoms with van der Waals surface area (Å²) in [5.41, 5.74) is 11.6. The standard InChI is InChI=1S/C20H33N7O7/c1-9(2)4-12(21)17(30)25-13(5-11-7-23-8-24-11)18(31)26-14(6-15(22)29)19(32)27-16(10(3)28)20(33)34/h7-10,12-14,16,28H,4-6,21H2,1-3H3,(H2,22,29)(H,23,24)(H,25,30)(H,26,31)(H,27,32)(H,33,34). The lowest BCUT2D eigenvalue weighted by molar-refractivity contribution is -0.145. The summed E-state index contributed by atoms with van der Waals surface area (Å²) in [7, 11) is 0. The highest BCUT2D eigenvalue weighted by Crippen LogP contribution is 2.06. The number of aliphatic carboxylic acids is 1. The van der Waals surface area contributed by atoms with Crippen LogP contribution in [0.2, 0.25) is 0 Å². The Labute approximate surface area is 196 Å². The SMILES string of the molecule is CC(C)CC(N)C(=O)NC(Cc1cnc[nH]1)C(=O)NC(CC(N)=O)C(=O)NC(C(=O)O)C(C)O. The van der Waals surface area contributed by atoms with Crippen molar-refractivity contribution in [3.63, 3.8) is 0 Å². The molecule has 10 N–H and O–H groups in total. The topological polar surface area (TPSA) is 243 Å². The lowest BCUT2D eigenvalue weighted by atomic mass is 10.0. The Morgan fingerprint density at radius 3 is 2.09 bits per heavy atom. The number of imidazole rings is 1. The van der Waals surface area contributed by atoms with Gasteiger partial charge in [-0.15, -0.1) is 0 Å². The number of H-pyrrole nitrogens is 1. The third-order valence-electron chi connectivity index (χ3n) is 4.76. The molecule has 0 spiro atoms. The summed E-state index contributed by atoms with van der Waals surface area (Å²) in [6.45, 7) is 4.91. The van der Waals surface area contributed by atoms with Crippen molar-refractivity contribution in [2.24, 2.45) is 17.4 Å². The lowest BCUT2D eigenvalue weighted by Crippen LogP contribution is -2.59. The zero-order valence-corrected chi connectivity index (χ0v) is 19.3. The predicted octanol–water partition coefficient (Wildman–Crippen LogP) is -2.88. The van der Waals surface area contributed by atoms with Gasteiger partial charge < -0.3 is 42.6 Å². The molecule has 34 heavy (non-hydrogen) atoms. The maximum absolute atomic E-state index is 13.0. The molecule has 0 radical (unpaired) electrons. The van der Waals surface area contributed by atoms with Crippen LogP contribution in [0, 0.1) is 5.92 Å². The van der Waals surface area contributed by atoms with E-state index in [1.165, 1.54) is 12.5 Å². The predicted molar refractivity (Wildman–Crippen MR) is 119 cm³/mol. The molecule has 5 unspecified atom stereocenters. The van der Waals surface area contributed by atoms with E-state index in [0.717, 1.165) is 6.92 Å². The number of aliphatic hydroxyl groups excluding tert-OH is 1. The van der Waals surface area contributed by atoms with E-state index < -0.39 is 66.3 Å². The molecule has 0 aliphatic heterocycles. The van der Waals surface area contributed by atoms with Gasteiger partial charge in [-0.1, -0.05) is 13.8 Å². The highest BCUT2D eigenvalue weighted by atomic mass is 16.4. The summed E-state index contributed by atoms with van der Waals surface area (Å²) in [6, 6.07) is -5.34. The molecule has 14 nitrogen and oxygen atoms in total. The second-order valence-electron chi connectivity index (χ2n) is 8.37. The van der Waals surface area contributed by atoms with Crippen LogP contribution in [0.5, 0.6) is 0 Å². The first-order valence-electron chi connectivity index (χ1n) is 10.6. The molecule has 1 rings (SSSR count). The smallest absolute Gasteiger partial charge is 0.328 e. The van der Waals surface area contributed by atoms with Gasteiger partial charge in [0.05, 0.1) is 24.9 Å². The highest BCUT2D eigenvalue weighted by molar-refractivity contribution is 5.96. The molecular formula is C20H33N7O7. The average molecular weight is 484 g/mol. The number of amides is 4. The number of nitrogens with zero attached hydrogens (tertiary/aromatic N) is 1. The second kappa shape index (κ2) is 13.3. The van der Waals surface area contributed by atoms with Crippen LogP contribution in [-0.2, 0) is 30.4 Å². The van der Waals surface area contributed by atoms with Gasteiger partial charge in [0, 0.05) is 18.3 Å². The summed E-state index contributed by atoms with van der Waals surface area (Å²) in [5.74, 6) is -4.83.